The second kappa shape index (κ2) is 15.9. The maximum Gasteiger partial charge on any atom is 0.123 e. The van der Waals surface area contributed by atoms with E-state index >= 15 is 0 Å². The van der Waals surface area contributed by atoms with E-state index in [2.05, 4.69) is 85.8 Å². The van der Waals surface area contributed by atoms with Crippen LogP contribution < -0.4 is 16.0 Å². The number of hydrogen-bond acceptors (Lipinski definition) is 4. The molecule has 27 heavy (non-hydrogen) atoms. The van der Waals surface area contributed by atoms with Gasteiger partial charge in [0.05, 0.1) is 0 Å². The molecule has 0 radical (unpaired) electrons. The number of piperazine rings is 2. The van der Waals surface area contributed by atoms with Crippen LogP contribution >= 0.6 is 61.2 Å². The molecule has 0 amide bonds. The van der Waals surface area contributed by atoms with Crippen LogP contribution in [-0.2, 0) is 6.54 Å². The highest BCUT2D eigenvalue weighted by molar-refractivity contribution is 15.0. The normalized spacial score (nSPS) is 28.0. The van der Waals surface area contributed by atoms with Crippen molar-refractivity contribution in [2.45, 2.75) is 58.4 Å². The average Bonchev–Trinajstić information content (AvgIpc) is 2.65. The molecule has 3 rings (SSSR count). The molecule has 0 bridgehead atoms. The SMILES string of the molecule is CC1CNC(C)CN1.C[C@@H]1CN(Cc2ccc(F)cc2)[C@@H](C)CN1.I.II. The molecular weight excluding hydrogens is 684 g/mol. The molecule has 2 fully saturated rings. The summed E-state index contributed by atoms with van der Waals surface area (Å²) in [5, 5.41) is 10.2. The van der Waals surface area contributed by atoms with Crippen molar-refractivity contribution in [1.29, 1.82) is 0 Å². The summed E-state index contributed by atoms with van der Waals surface area (Å²) in [6.07, 6.45) is 0. The van der Waals surface area contributed by atoms with Gasteiger partial charge in [0, 0.05) is 94.1 Å². The van der Waals surface area contributed by atoms with E-state index in [1.165, 1.54) is 17.7 Å². The standard InChI is InChI=1S/C13H19FN2.C6H14N2.I2.HI/c1-10-8-16(11(2)7-15-10)9-12-3-5-13(14)6-4-12;1-5-3-8-6(2)4-7-5;1-2;/h3-6,10-11,15H,7-9H2,1-2H3;5-8H,3-4H2,1-2H3;;1H/t10-,11+;;;/m1.../s1. The first kappa shape index (κ1) is 28.2. The first-order valence-corrected chi connectivity index (χ1v) is 15.6. The van der Waals surface area contributed by atoms with Crippen LogP contribution in [0.15, 0.2) is 24.3 Å². The van der Waals surface area contributed by atoms with Crippen molar-refractivity contribution in [2.24, 2.45) is 0 Å². The van der Waals surface area contributed by atoms with Gasteiger partial charge in [0.15, 0.2) is 0 Å². The summed E-state index contributed by atoms with van der Waals surface area (Å²) in [5.74, 6) is -0.162. The molecular formula is C19H34FI3N4. The highest BCUT2D eigenvalue weighted by Crippen LogP contribution is 2.12. The van der Waals surface area contributed by atoms with Crippen LogP contribution in [0, 0.1) is 5.82 Å². The van der Waals surface area contributed by atoms with E-state index in [1.807, 2.05) is 12.1 Å². The van der Waals surface area contributed by atoms with Crippen LogP contribution in [-0.4, -0.2) is 55.2 Å². The predicted molar refractivity (Wildman–Crippen MR) is 142 cm³/mol. The minimum atomic E-state index is -0.162. The summed E-state index contributed by atoms with van der Waals surface area (Å²) < 4.78 is 12.8. The van der Waals surface area contributed by atoms with E-state index in [0.29, 0.717) is 24.2 Å². The molecule has 0 aromatic heterocycles. The Morgan fingerprint density at radius 1 is 0.889 bits per heavy atom. The quantitative estimate of drug-likeness (QED) is 0.399. The van der Waals surface area contributed by atoms with Gasteiger partial charge in [-0.3, -0.25) is 4.90 Å². The lowest BCUT2D eigenvalue weighted by atomic mass is 10.1. The number of halogens is 4. The maximum absolute atomic E-state index is 12.8. The van der Waals surface area contributed by atoms with Crippen LogP contribution in [0.1, 0.15) is 33.3 Å². The zero-order chi connectivity index (χ0) is 19.5. The Hall–Kier alpha value is 1.18. The summed E-state index contributed by atoms with van der Waals surface area (Å²) in [5.41, 5.74) is 1.18. The fraction of sp³-hybridized carbons (Fsp3) is 0.684. The van der Waals surface area contributed by atoms with Gasteiger partial charge >= 0.3 is 0 Å². The molecule has 1 aromatic rings. The molecule has 2 aliphatic rings. The Labute approximate surface area is 204 Å². The number of nitrogens with one attached hydrogen (secondary N) is 3. The van der Waals surface area contributed by atoms with Gasteiger partial charge in [-0.2, -0.15) is 0 Å². The van der Waals surface area contributed by atoms with E-state index in [9.17, 15) is 4.39 Å². The third kappa shape index (κ3) is 11.8. The van der Waals surface area contributed by atoms with Crippen LogP contribution in [0.5, 0.6) is 0 Å². The van der Waals surface area contributed by atoms with Gasteiger partial charge < -0.3 is 16.0 Å². The van der Waals surface area contributed by atoms with Gasteiger partial charge in [0.1, 0.15) is 5.82 Å². The van der Waals surface area contributed by atoms with Crippen LogP contribution in [0.2, 0.25) is 0 Å². The van der Waals surface area contributed by atoms with Crippen molar-refractivity contribution in [3.63, 3.8) is 0 Å². The number of benzene rings is 1. The summed E-state index contributed by atoms with van der Waals surface area (Å²) in [6.45, 7) is 14.0. The first-order chi connectivity index (χ1) is 12.4. The smallest absolute Gasteiger partial charge is 0.123 e. The molecule has 2 saturated heterocycles. The summed E-state index contributed by atoms with van der Waals surface area (Å²) in [4.78, 5) is 2.44. The van der Waals surface area contributed by atoms with Crippen molar-refractivity contribution < 1.29 is 4.39 Å². The molecule has 3 N–H and O–H groups in total. The van der Waals surface area contributed by atoms with E-state index in [-0.39, 0.29) is 29.8 Å². The summed E-state index contributed by atoms with van der Waals surface area (Å²) in [6, 6.07) is 9.20. The van der Waals surface area contributed by atoms with Crippen molar-refractivity contribution in [3.8, 4) is 0 Å². The first-order valence-electron chi connectivity index (χ1n) is 9.27. The van der Waals surface area contributed by atoms with Gasteiger partial charge in [0.2, 0.25) is 0 Å². The van der Waals surface area contributed by atoms with Crippen LogP contribution in [0.4, 0.5) is 4.39 Å². The van der Waals surface area contributed by atoms with Gasteiger partial charge in [-0.1, -0.05) is 12.1 Å². The Kier molecular flexibility index (Phi) is 16.6. The second-order valence-electron chi connectivity index (χ2n) is 7.33. The fourth-order valence-electron chi connectivity index (χ4n) is 3.04. The van der Waals surface area contributed by atoms with E-state index in [0.717, 1.165) is 32.7 Å². The molecule has 0 spiro atoms. The lowest BCUT2D eigenvalue weighted by Gasteiger charge is -2.37. The van der Waals surface area contributed by atoms with E-state index in [1.54, 1.807) is 0 Å². The number of hydrogen-bond donors (Lipinski definition) is 3. The molecule has 4 nitrogen and oxygen atoms in total. The molecule has 158 valence electrons. The zero-order valence-electron chi connectivity index (χ0n) is 16.6. The molecule has 2 unspecified atom stereocenters. The van der Waals surface area contributed by atoms with E-state index < -0.39 is 0 Å². The molecule has 2 heterocycles. The summed E-state index contributed by atoms with van der Waals surface area (Å²) in [7, 11) is 0. The highest BCUT2D eigenvalue weighted by atomic mass is 128. The topological polar surface area (TPSA) is 39.3 Å². The highest BCUT2D eigenvalue weighted by Gasteiger charge is 2.21. The molecule has 4 atom stereocenters. The Balaban J connectivity index is 0.000000522. The number of nitrogens with zero attached hydrogens (tertiary/aromatic N) is 1. The van der Waals surface area contributed by atoms with Crippen LogP contribution in [0.3, 0.4) is 0 Å². The Bertz CT molecular complexity index is 474. The van der Waals surface area contributed by atoms with Gasteiger partial charge in [-0.25, -0.2) is 4.39 Å². The zero-order valence-corrected chi connectivity index (χ0v) is 23.3. The molecule has 0 saturated carbocycles. The van der Waals surface area contributed by atoms with Crippen molar-refractivity contribution >= 4 is 61.2 Å². The summed E-state index contributed by atoms with van der Waals surface area (Å²) >= 11 is 4.24. The van der Waals surface area contributed by atoms with Gasteiger partial charge in [-0.15, -0.1) is 24.0 Å². The lowest BCUT2D eigenvalue weighted by molar-refractivity contribution is 0.139. The van der Waals surface area contributed by atoms with Crippen molar-refractivity contribution in [3.05, 3.63) is 35.6 Å². The minimum Gasteiger partial charge on any atom is -0.311 e. The van der Waals surface area contributed by atoms with E-state index in [4.69, 9.17) is 0 Å². The third-order valence-corrected chi connectivity index (χ3v) is 4.74. The molecule has 1 aromatic carbocycles. The third-order valence-electron chi connectivity index (χ3n) is 4.74. The fourth-order valence-corrected chi connectivity index (χ4v) is 3.04. The monoisotopic (exact) mass is 718 g/mol. The number of rotatable bonds is 2. The second-order valence-corrected chi connectivity index (χ2v) is 7.33. The van der Waals surface area contributed by atoms with Gasteiger partial charge in [0.25, 0.3) is 0 Å². The average molecular weight is 718 g/mol. The minimum absolute atomic E-state index is 0. The molecule has 8 heteroatoms. The predicted octanol–water partition coefficient (Wildman–Crippen LogP) is 4.35. The van der Waals surface area contributed by atoms with Gasteiger partial charge in [-0.05, 0) is 45.4 Å². The molecule has 0 aliphatic carbocycles. The molecule has 2 aliphatic heterocycles. The maximum atomic E-state index is 12.8. The Morgan fingerprint density at radius 3 is 1.85 bits per heavy atom. The van der Waals surface area contributed by atoms with Crippen LogP contribution in [0.25, 0.3) is 0 Å². The van der Waals surface area contributed by atoms with Crippen molar-refractivity contribution in [1.82, 2.24) is 20.9 Å². The Morgan fingerprint density at radius 2 is 1.37 bits per heavy atom. The lowest BCUT2D eigenvalue weighted by Crippen LogP contribution is -2.53. The van der Waals surface area contributed by atoms with Crippen molar-refractivity contribution in [2.75, 3.05) is 26.2 Å². The largest absolute Gasteiger partial charge is 0.311 e.